The van der Waals surface area contributed by atoms with E-state index in [2.05, 4.69) is 15.1 Å². The second-order valence-electron chi connectivity index (χ2n) is 5.50. The van der Waals surface area contributed by atoms with Gasteiger partial charge in [0.15, 0.2) is 17.2 Å². The number of anilines is 1. The van der Waals surface area contributed by atoms with E-state index in [9.17, 15) is 0 Å². The summed E-state index contributed by atoms with van der Waals surface area (Å²) in [5.74, 6) is 2.16. The van der Waals surface area contributed by atoms with Gasteiger partial charge in [-0.15, -0.1) is 0 Å². The lowest BCUT2D eigenvalue weighted by atomic mass is 10.2. The van der Waals surface area contributed by atoms with Crippen LogP contribution in [0, 0.1) is 6.92 Å². The highest BCUT2D eigenvalue weighted by Crippen LogP contribution is 2.24. The second kappa shape index (κ2) is 5.65. The van der Waals surface area contributed by atoms with E-state index in [4.69, 9.17) is 21.8 Å². The lowest BCUT2D eigenvalue weighted by Gasteiger charge is -2.03. The molecule has 2 N–H and O–H groups in total. The third-order valence-corrected chi connectivity index (χ3v) is 4.08. The van der Waals surface area contributed by atoms with E-state index in [1.807, 2.05) is 49.5 Å². The molecule has 24 heavy (non-hydrogen) atoms. The number of fused-ring (bicyclic) bond motifs is 1. The van der Waals surface area contributed by atoms with Gasteiger partial charge in [-0.1, -0.05) is 29.8 Å². The number of nitrogens with zero attached hydrogens (tertiary/aromatic N) is 4. The predicted octanol–water partition coefficient (Wildman–Crippen LogP) is 3.68. The zero-order chi connectivity index (χ0) is 16.7. The molecule has 0 saturated carbocycles. The Balaban J connectivity index is 1.75. The van der Waals surface area contributed by atoms with E-state index in [0.29, 0.717) is 40.0 Å². The van der Waals surface area contributed by atoms with E-state index in [0.717, 1.165) is 11.3 Å². The molecule has 6 nitrogen and oxygen atoms in total. The van der Waals surface area contributed by atoms with Crippen molar-refractivity contribution in [3.8, 4) is 11.6 Å². The molecule has 4 aromatic rings. The van der Waals surface area contributed by atoms with Gasteiger partial charge in [-0.05, 0) is 30.7 Å². The molecule has 0 atom stereocenters. The fourth-order valence-electron chi connectivity index (χ4n) is 2.52. The van der Waals surface area contributed by atoms with Gasteiger partial charge < -0.3 is 10.2 Å². The minimum Gasteiger partial charge on any atom is -0.458 e. The van der Waals surface area contributed by atoms with E-state index in [1.165, 1.54) is 0 Å². The molecule has 3 aromatic heterocycles. The largest absolute Gasteiger partial charge is 0.458 e. The summed E-state index contributed by atoms with van der Waals surface area (Å²) in [6.07, 6.45) is 1.82. The molecule has 3 heterocycles. The Bertz CT molecular complexity index is 1040. The fraction of sp³-hybridized carbons (Fsp3) is 0.118. The molecular formula is C17H14ClN5O. The minimum atomic E-state index is 0.370. The van der Waals surface area contributed by atoms with Crippen molar-refractivity contribution in [3.63, 3.8) is 0 Å². The first-order chi connectivity index (χ1) is 11.6. The Morgan fingerprint density at radius 3 is 2.75 bits per heavy atom. The molecule has 0 amide bonds. The molecule has 0 aliphatic carbocycles. The molecule has 0 fully saturated rings. The molecule has 0 saturated heterocycles. The Labute approximate surface area is 142 Å². The summed E-state index contributed by atoms with van der Waals surface area (Å²) in [5, 5.41) is 5.89. The van der Waals surface area contributed by atoms with Crippen LogP contribution >= 0.6 is 11.6 Å². The SMILES string of the molecule is Cc1ccc(-c2nc(N)c3cn(Cc4ccccc4Cl)nc3n2)o1. The molecule has 0 aliphatic heterocycles. The van der Waals surface area contributed by atoms with Crippen molar-refractivity contribution in [1.82, 2.24) is 19.7 Å². The molecule has 0 unspecified atom stereocenters. The van der Waals surface area contributed by atoms with Crippen molar-refractivity contribution in [2.75, 3.05) is 5.73 Å². The van der Waals surface area contributed by atoms with Gasteiger partial charge in [-0.2, -0.15) is 5.10 Å². The lowest BCUT2D eigenvalue weighted by molar-refractivity contribution is 0.544. The van der Waals surface area contributed by atoms with Crippen molar-refractivity contribution in [3.05, 3.63) is 58.9 Å². The Kier molecular flexibility index (Phi) is 3.46. The van der Waals surface area contributed by atoms with Gasteiger partial charge in [-0.3, -0.25) is 4.68 Å². The summed E-state index contributed by atoms with van der Waals surface area (Å²) >= 11 is 6.21. The number of rotatable bonds is 3. The highest BCUT2D eigenvalue weighted by Gasteiger charge is 2.13. The molecular weight excluding hydrogens is 326 g/mol. The third kappa shape index (κ3) is 2.61. The van der Waals surface area contributed by atoms with Gasteiger partial charge in [-0.25, -0.2) is 9.97 Å². The molecule has 7 heteroatoms. The highest BCUT2D eigenvalue weighted by atomic mass is 35.5. The quantitative estimate of drug-likeness (QED) is 0.615. The topological polar surface area (TPSA) is 82.8 Å². The first kappa shape index (κ1) is 14.7. The number of aryl methyl sites for hydroxylation is 1. The number of furan rings is 1. The van der Waals surface area contributed by atoms with Crippen LogP contribution in [0.4, 0.5) is 5.82 Å². The van der Waals surface area contributed by atoms with E-state index in [-0.39, 0.29) is 0 Å². The molecule has 0 bridgehead atoms. The lowest BCUT2D eigenvalue weighted by Crippen LogP contribution is -2.00. The second-order valence-corrected chi connectivity index (χ2v) is 5.91. The molecule has 0 spiro atoms. The smallest absolute Gasteiger partial charge is 0.199 e. The summed E-state index contributed by atoms with van der Waals surface area (Å²) in [6.45, 7) is 2.40. The maximum Gasteiger partial charge on any atom is 0.199 e. The maximum atomic E-state index is 6.21. The van der Waals surface area contributed by atoms with Gasteiger partial charge in [0.2, 0.25) is 0 Å². The van der Waals surface area contributed by atoms with Gasteiger partial charge in [0.05, 0.1) is 11.9 Å². The summed E-state index contributed by atoms with van der Waals surface area (Å²) in [5.41, 5.74) is 7.56. The van der Waals surface area contributed by atoms with Crippen molar-refractivity contribution in [1.29, 1.82) is 0 Å². The van der Waals surface area contributed by atoms with E-state index < -0.39 is 0 Å². The predicted molar refractivity (Wildman–Crippen MR) is 92.7 cm³/mol. The minimum absolute atomic E-state index is 0.370. The van der Waals surface area contributed by atoms with Crippen LogP contribution in [-0.4, -0.2) is 19.7 Å². The molecule has 4 rings (SSSR count). The van der Waals surface area contributed by atoms with Crippen LogP contribution in [0.25, 0.3) is 22.6 Å². The van der Waals surface area contributed by atoms with Gasteiger partial charge >= 0.3 is 0 Å². The third-order valence-electron chi connectivity index (χ3n) is 3.71. The number of nitrogens with two attached hydrogens (primary N) is 1. The fourth-order valence-corrected chi connectivity index (χ4v) is 2.72. The highest BCUT2D eigenvalue weighted by molar-refractivity contribution is 6.31. The molecule has 120 valence electrons. The van der Waals surface area contributed by atoms with Crippen LogP contribution < -0.4 is 5.73 Å². The van der Waals surface area contributed by atoms with Gasteiger partial charge in [0, 0.05) is 11.2 Å². The van der Waals surface area contributed by atoms with Crippen LogP contribution in [-0.2, 0) is 6.54 Å². The Hall–Kier alpha value is -2.86. The van der Waals surface area contributed by atoms with E-state index in [1.54, 1.807) is 4.68 Å². The first-order valence-electron chi connectivity index (χ1n) is 7.41. The average Bonchev–Trinajstić information content (AvgIpc) is 3.16. The summed E-state index contributed by atoms with van der Waals surface area (Å²) in [4.78, 5) is 8.77. The van der Waals surface area contributed by atoms with Gasteiger partial charge in [0.25, 0.3) is 0 Å². The van der Waals surface area contributed by atoms with Crippen LogP contribution in [0.15, 0.2) is 47.0 Å². The average molecular weight is 340 g/mol. The maximum absolute atomic E-state index is 6.21. The standard InChI is InChI=1S/C17H14ClN5O/c1-10-6-7-14(24-10)17-20-15(19)12-9-23(22-16(12)21-17)8-11-4-2-3-5-13(11)18/h2-7,9H,8H2,1H3,(H2,19,20,21,22). The van der Waals surface area contributed by atoms with Crippen LogP contribution in [0.2, 0.25) is 5.02 Å². The monoisotopic (exact) mass is 339 g/mol. The molecule has 1 aromatic carbocycles. The van der Waals surface area contributed by atoms with E-state index >= 15 is 0 Å². The summed E-state index contributed by atoms with van der Waals surface area (Å²) in [7, 11) is 0. The number of hydrogen-bond donors (Lipinski definition) is 1. The number of nitrogen functional groups attached to an aromatic ring is 1. The van der Waals surface area contributed by atoms with Crippen molar-refractivity contribution < 1.29 is 4.42 Å². The molecule has 0 aliphatic rings. The summed E-state index contributed by atoms with van der Waals surface area (Å²) in [6, 6.07) is 11.3. The first-order valence-corrected chi connectivity index (χ1v) is 7.79. The number of benzene rings is 1. The van der Waals surface area contributed by atoms with Crippen molar-refractivity contribution in [2.24, 2.45) is 0 Å². The number of hydrogen-bond acceptors (Lipinski definition) is 5. The normalized spacial score (nSPS) is 11.2. The Morgan fingerprint density at radius 2 is 2.00 bits per heavy atom. The zero-order valence-electron chi connectivity index (χ0n) is 12.9. The van der Waals surface area contributed by atoms with Crippen LogP contribution in [0.3, 0.4) is 0 Å². The Morgan fingerprint density at radius 1 is 1.17 bits per heavy atom. The molecule has 0 radical (unpaired) electrons. The zero-order valence-corrected chi connectivity index (χ0v) is 13.7. The van der Waals surface area contributed by atoms with Crippen molar-refractivity contribution >= 4 is 28.5 Å². The van der Waals surface area contributed by atoms with Crippen molar-refractivity contribution in [2.45, 2.75) is 13.5 Å². The number of aromatic nitrogens is 4. The van der Waals surface area contributed by atoms with Crippen LogP contribution in [0.5, 0.6) is 0 Å². The number of halogens is 1. The summed E-state index contributed by atoms with van der Waals surface area (Å²) < 4.78 is 7.32. The van der Waals surface area contributed by atoms with Gasteiger partial charge in [0.1, 0.15) is 11.6 Å². The van der Waals surface area contributed by atoms with Crippen LogP contribution in [0.1, 0.15) is 11.3 Å².